The molecule has 0 saturated heterocycles. The summed E-state index contributed by atoms with van der Waals surface area (Å²) in [5.41, 5.74) is 3.48. The SMILES string of the molecule is NC(=O)c1cc(-c2cncnc2C(Cc2cc(F)cc(F)c2)NC(=O)CN2CC(F)(F)CCC(F)(F)CC(C(F)F)=N2)ccc1F. The van der Waals surface area contributed by atoms with Gasteiger partial charge in [-0.3, -0.25) is 14.6 Å². The van der Waals surface area contributed by atoms with Crippen molar-refractivity contribution in [1.29, 1.82) is 0 Å². The molecular weight excluding hydrogens is 635 g/mol. The molecule has 1 aliphatic rings. The highest BCUT2D eigenvalue weighted by atomic mass is 19.3. The number of aromatic nitrogens is 2. The van der Waals surface area contributed by atoms with E-state index in [0.717, 1.165) is 30.6 Å². The number of hydrogen-bond acceptors (Lipinski definition) is 6. The van der Waals surface area contributed by atoms with E-state index in [-0.39, 0.29) is 33.8 Å². The second-order valence-electron chi connectivity index (χ2n) is 10.6. The number of primary amides is 1. The Kier molecular flexibility index (Phi) is 10.2. The summed E-state index contributed by atoms with van der Waals surface area (Å²) in [6, 6.07) is 4.35. The first-order chi connectivity index (χ1) is 21.5. The van der Waals surface area contributed by atoms with Gasteiger partial charge in [0.1, 0.15) is 42.6 Å². The van der Waals surface area contributed by atoms with Crippen molar-refractivity contribution in [3.05, 3.63) is 83.2 Å². The summed E-state index contributed by atoms with van der Waals surface area (Å²) in [4.78, 5) is 33.0. The highest BCUT2D eigenvalue weighted by molar-refractivity contribution is 5.94. The van der Waals surface area contributed by atoms with Crippen LogP contribution in [-0.2, 0) is 11.2 Å². The van der Waals surface area contributed by atoms with Gasteiger partial charge in [0.25, 0.3) is 24.2 Å². The Balaban J connectivity index is 1.73. The number of rotatable bonds is 9. The van der Waals surface area contributed by atoms with Gasteiger partial charge in [-0.05, 0) is 41.8 Å². The van der Waals surface area contributed by atoms with Crippen molar-refractivity contribution < 1.29 is 49.1 Å². The Bertz CT molecular complexity index is 1620. The first kappa shape index (κ1) is 34.2. The first-order valence-corrected chi connectivity index (χ1v) is 13.5. The topological polar surface area (TPSA) is 114 Å². The maximum Gasteiger partial charge on any atom is 0.278 e. The number of hydrazone groups is 1. The first-order valence-electron chi connectivity index (χ1n) is 13.5. The molecule has 1 aromatic heterocycles. The summed E-state index contributed by atoms with van der Waals surface area (Å²) >= 11 is 0. The zero-order valence-corrected chi connectivity index (χ0v) is 23.6. The lowest BCUT2D eigenvalue weighted by Gasteiger charge is -2.26. The lowest BCUT2D eigenvalue weighted by atomic mass is 9.95. The highest BCUT2D eigenvalue weighted by Gasteiger charge is 2.42. The third kappa shape index (κ3) is 8.94. The van der Waals surface area contributed by atoms with Crippen molar-refractivity contribution in [1.82, 2.24) is 20.3 Å². The van der Waals surface area contributed by atoms with Crippen LogP contribution in [0.3, 0.4) is 0 Å². The lowest BCUT2D eigenvalue weighted by Crippen LogP contribution is -2.42. The molecular formula is C29H25F9N6O2. The minimum atomic E-state index is -3.90. The molecule has 4 rings (SSSR count). The molecule has 2 amide bonds. The average Bonchev–Trinajstić information content (AvgIpc) is 2.99. The van der Waals surface area contributed by atoms with E-state index >= 15 is 0 Å². The maximum absolute atomic E-state index is 14.5. The van der Waals surface area contributed by atoms with Gasteiger partial charge < -0.3 is 11.1 Å². The summed E-state index contributed by atoms with van der Waals surface area (Å²) in [5.74, 6) is -12.9. The zero-order chi connectivity index (χ0) is 33.8. The number of nitrogens with one attached hydrogen (secondary N) is 1. The van der Waals surface area contributed by atoms with Crippen molar-refractivity contribution in [3.63, 3.8) is 0 Å². The molecule has 1 atom stereocenters. The smallest absolute Gasteiger partial charge is 0.278 e. The molecule has 0 bridgehead atoms. The van der Waals surface area contributed by atoms with Gasteiger partial charge in [0.2, 0.25) is 5.91 Å². The van der Waals surface area contributed by atoms with Crippen molar-refractivity contribution in [3.8, 4) is 11.1 Å². The van der Waals surface area contributed by atoms with Crippen molar-refractivity contribution >= 4 is 17.5 Å². The number of amides is 2. The maximum atomic E-state index is 14.5. The summed E-state index contributed by atoms with van der Waals surface area (Å²) in [6.45, 7) is -2.56. The molecule has 0 radical (unpaired) electrons. The van der Waals surface area contributed by atoms with E-state index < -0.39 is 97.2 Å². The Morgan fingerprint density at radius 3 is 2.30 bits per heavy atom. The molecule has 8 nitrogen and oxygen atoms in total. The van der Waals surface area contributed by atoms with Gasteiger partial charge in [0, 0.05) is 30.7 Å². The van der Waals surface area contributed by atoms with Crippen LogP contribution in [0.5, 0.6) is 0 Å². The monoisotopic (exact) mass is 660 g/mol. The minimum absolute atomic E-state index is 0.0150. The molecule has 0 fully saturated rings. The van der Waals surface area contributed by atoms with Crippen molar-refractivity contribution in [2.75, 3.05) is 13.1 Å². The quantitative estimate of drug-likeness (QED) is 0.297. The number of nitrogens with zero attached hydrogens (tertiary/aromatic N) is 4. The number of halogens is 9. The predicted molar refractivity (Wildman–Crippen MR) is 146 cm³/mol. The minimum Gasteiger partial charge on any atom is -0.366 e. The van der Waals surface area contributed by atoms with E-state index in [1.165, 1.54) is 12.3 Å². The molecule has 1 aliphatic heterocycles. The Morgan fingerprint density at radius 2 is 1.65 bits per heavy atom. The molecule has 2 heterocycles. The fraction of sp³-hybridized carbons (Fsp3) is 0.345. The second-order valence-corrected chi connectivity index (χ2v) is 10.6. The summed E-state index contributed by atoms with van der Waals surface area (Å²) in [7, 11) is 0. The van der Waals surface area contributed by atoms with Gasteiger partial charge in [-0.1, -0.05) is 6.07 Å². The van der Waals surface area contributed by atoms with Crippen molar-refractivity contribution in [2.45, 2.75) is 50.0 Å². The van der Waals surface area contributed by atoms with Crippen LogP contribution in [0, 0.1) is 17.5 Å². The average molecular weight is 661 g/mol. The van der Waals surface area contributed by atoms with Crippen LogP contribution < -0.4 is 11.1 Å². The number of hydrogen-bond donors (Lipinski definition) is 2. The van der Waals surface area contributed by atoms with Gasteiger partial charge in [0.15, 0.2) is 0 Å². The number of nitrogens with two attached hydrogens (primary N) is 1. The van der Waals surface area contributed by atoms with Gasteiger partial charge in [-0.2, -0.15) is 5.10 Å². The predicted octanol–water partition coefficient (Wildman–Crippen LogP) is 5.44. The van der Waals surface area contributed by atoms with E-state index in [1.54, 1.807) is 0 Å². The molecule has 3 N–H and O–H groups in total. The van der Waals surface area contributed by atoms with Crippen LogP contribution in [0.1, 0.15) is 46.9 Å². The summed E-state index contributed by atoms with van der Waals surface area (Å²) < 4.78 is 127. The third-order valence-corrected chi connectivity index (χ3v) is 6.87. The normalized spacial score (nSPS) is 17.0. The molecule has 246 valence electrons. The largest absolute Gasteiger partial charge is 0.366 e. The fourth-order valence-corrected chi connectivity index (χ4v) is 4.84. The molecule has 0 aliphatic carbocycles. The molecule has 0 saturated carbocycles. The summed E-state index contributed by atoms with van der Waals surface area (Å²) in [5, 5.41) is 5.97. The second kappa shape index (κ2) is 13.7. The van der Waals surface area contributed by atoms with Gasteiger partial charge in [-0.15, -0.1) is 0 Å². The van der Waals surface area contributed by atoms with E-state index in [4.69, 9.17) is 5.73 Å². The number of benzene rings is 2. The summed E-state index contributed by atoms with van der Waals surface area (Å²) in [6.07, 6.45) is -6.05. The van der Waals surface area contributed by atoms with E-state index in [1.807, 2.05) is 0 Å². The molecule has 1 unspecified atom stereocenters. The highest BCUT2D eigenvalue weighted by Crippen LogP contribution is 2.34. The molecule has 46 heavy (non-hydrogen) atoms. The van der Waals surface area contributed by atoms with Crippen LogP contribution in [0.2, 0.25) is 0 Å². The Labute approximate surface area is 255 Å². The van der Waals surface area contributed by atoms with Crippen LogP contribution >= 0.6 is 0 Å². The standard InChI is InChI=1S/C29H25F9N6O2/c30-17-5-15(6-18(31)9-17)7-22(25-20(11-40-14-41-25)16-1-2-21(32)19(8-16)27(39)46)42-24(45)12-44-13-29(37,38)4-3-28(35,36)10-23(43-44)26(33)34/h1-2,5-6,8-9,11,14,22,26H,3-4,7,10,12-13H2,(H2,39,46)(H,42,45). The van der Waals surface area contributed by atoms with Gasteiger partial charge >= 0.3 is 0 Å². The van der Waals surface area contributed by atoms with E-state index in [0.29, 0.717) is 6.07 Å². The molecule has 3 aromatic rings. The number of carbonyl (C=O) groups is 2. The Hall–Kier alpha value is -4.70. The molecule has 2 aromatic carbocycles. The van der Waals surface area contributed by atoms with Gasteiger partial charge in [-0.25, -0.2) is 49.5 Å². The fourth-order valence-electron chi connectivity index (χ4n) is 4.84. The zero-order valence-electron chi connectivity index (χ0n) is 23.6. The third-order valence-electron chi connectivity index (χ3n) is 6.87. The number of carbonyl (C=O) groups excluding carboxylic acids is 2. The van der Waals surface area contributed by atoms with Crippen LogP contribution in [0.25, 0.3) is 11.1 Å². The van der Waals surface area contributed by atoms with Crippen molar-refractivity contribution in [2.24, 2.45) is 10.8 Å². The van der Waals surface area contributed by atoms with Crippen LogP contribution in [0.4, 0.5) is 39.5 Å². The van der Waals surface area contributed by atoms with Gasteiger partial charge in [0.05, 0.1) is 23.7 Å². The molecule has 0 spiro atoms. The molecule has 17 heteroatoms. The number of alkyl halides is 6. The Morgan fingerprint density at radius 1 is 0.978 bits per heavy atom. The van der Waals surface area contributed by atoms with Crippen LogP contribution in [0.15, 0.2) is 54.0 Å². The van der Waals surface area contributed by atoms with E-state index in [9.17, 15) is 49.1 Å². The van der Waals surface area contributed by atoms with E-state index in [2.05, 4.69) is 20.4 Å². The lowest BCUT2D eigenvalue weighted by molar-refractivity contribution is -0.124. The van der Waals surface area contributed by atoms with Crippen LogP contribution in [-0.4, -0.2) is 63.9 Å².